The van der Waals surface area contributed by atoms with E-state index in [2.05, 4.69) is 6.07 Å². The molecule has 2 aromatic rings. The van der Waals surface area contributed by atoms with Gasteiger partial charge in [0.05, 0.1) is 16.6 Å². The minimum absolute atomic E-state index is 0.0760. The van der Waals surface area contributed by atoms with Crippen LogP contribution in [0.25, 0.3) is 0 Å². The van der Waals surface area contributed by atoms with Crippen LogP contribution in [0.5, 0.6) is 0 Å². The van der Waals surface area contributed by atoms with E-state index in [-0.39, 0.29) is 17.8 Å². The minimum Gasteiger partial charge on any atom is -0.333 e. The van der Waals surface area contributed by atoms with E-state index in [0.29, 0.717) is 18.7 Å². The molecule has 0 aromatic heterocycles. The summed E-state index contributed by atoms with van der Waals surface area (Å²) in [7, 11) is 3.80. The molecule has 146 valence electrons. The summed E-state index contributed by atoms with van der Waals surface area (Å²) in [6.07, 6.45) is 1.85. The fourth-order valence-corrected chi connectivity index (χ4v) is 3.12. The molecule has 0 aliphatic heterocycles. The van der Waals surface area contributed by atoms with Crippen molar-refractivity contribution >= 4 is 23.4 Å². The normalized spacial score (nSPS) is 10.5. The molecule has 0 unspecified atom stereocenters. The number of nitro groups is 1. The number of nitrogens with zero attached hydrogens (tertiary/aromatic N) is 4. The van der Waals surface area contributed by atoms with E-state index in [1.165, 1.54) is 17.8 Å². The maximum absolute atomic E-state index is 13.2. The van der Waals surface area contributed by atoms with Crippen LogP contribution in [-0.4, -0.2) is 54.1 Å². The summed E-state index contributed by atoms with van der Waals surface area (Å²) in [6.45, 7) is 1.28. The third-order valence-corrected chi connectivity index (χ3v) is 4.89. The number of hydrogen-bond acceptors (Lipinski definition) is 6. The summed E-state index contributed by atoms with van der Waals surface area (Å²) in [5.41, 5.74) is 1.18. The molecule has 0 fully saturated rings. The standard InChI is InChI=1S/C20H22N4O3S/c1-22(2)9-10-23(14-16-6-4-5-15(11-16)13-21)20(25)18-12-17(28-3)7-8-19(18)24(26)27/h4-8,11-12H,9-10,14H2,1-3H3. The number of hydrogen-bond donors (Lipinski definition) is 0. The van der Waals surface area contributed by atoms with Gasteiger partial charge in [0, 0.05) is 30.6 Å². The van der Waals surface area contributed by atoms with Crippen LogP contribution in [0.1, 0.15) is 21.5 Å². The highest BCUT2D eigenvalue weighted by Crippen LogP contribution is 2.26. The van der Waals surface area contributed by atoms with Gasteiger partial charge in [-0.1, -0.05) is 12.1 Å². The molecule has 7 nitrogen and oxygen atoms in total. The van der Waals surface area contributed by atoms with Crippen LogP contribution in [0.4, 0.5) is 5.69 Å². The lowest BCUT2D eigenvalue weighted by atomic mass is 10.1. The van der Waals surface area contributed by atoms with E-state index in [9.17, 15) is 14.9 Å². The van der Waals surface area contributed by atoms with Crippen LogP contribution in [0.3, 0.4) is 0 Å². The first-order chi connectivity index (χ1) is 13.3. The molecule has 0 bridgehead atoms. The molecule has 28 heavy (non-hydrogen) atoms. The van der Waals surface area contributed by atoms with Crippen LogP contribution in [0.2, 0.25) is 0 Å². The molecule has 0 N–H and O–H groups in total. The van der Waals surface area contributed by atoms with Gasteiger partial charge in [-0.3, -0.25) is 14.9 Å². The summed E-state index contributed by atoms with van der Waals surface area (Å²) < 4.78 is 0. The van der Waals surface area contributed by atoms with Crippen LogP contribution < -0.4 is 0 Å². The van der Waals surface area contributed by atoms with E-state index < -0.39 is 10.8 Å². The fraction of sp³-hybridized carbons (Fsp3) is 0.300. The van der Waals surface area contributed by atoms with Crippen LogP contribution >= 0.6 is 11.8 Å². The quantitative estimate of drug-likeness (QED) is 0.385. The van der Waals surface area contributed by atoms with Gasteiger partial charge >= 0.3 is 0 Å². The first kappa shape index (κ1) is 21.4. The van der Waals surface area contributed by atoms with E-state index >= 15 is 0 Å². The van der Waals surface area contributed by atoms with Crippen LogP contribution in [-0.2, 0) is 6.54 Å². The Bertz CT molecular complexity index is 909. The number of carbonyl (C=O) groups is 1. The molecule has 0 heterocycles. The van der Waals surface area contributed by atoms with E-state index in [1.807, 2.05) is 31.3 Å². The second-order valence-corrected chi connectivity index (χ2v) is 7.36. The number of amides is 1. The van der Waals surface area contributed by atoms with Crippen molar-refractivity contribution in [2.75, 3.05) is 33.4 Å². The zero-order chi connectivity index (χ0) is 20.7. The zero-order valence-corrected chi connectivity index (χ0v) is 16.9. The third kappa shape index (κ3) is 5.55. The highest BCUT2D eigenvalue weighted by Gasteiger charge is 2.25. The lowest BCUT2D eigenvalue weighted by Crippen LogP contribution is -2.36. The molecule has 0 saturated carbocycles. The number of carbonyl (C=O) groups excluding carboxylic acids is 1. The molecule has 0 radical (unpaired) electrons. The average molecular weight is 398 g/mol. The fourth-order valence-electron chi connectivity index (χ4n) is 2.68. The van der Waals surface area contributed by atoms with Gasteiger partial charge in [-0.2, -0.15) is 5.26 Å². The topological polar surface area (TPSA) is 90.5 Å². The second-order valence-electron chi connectivity index (χ2n) is 6.48. The molecule has 0 saturated heterocycles. The molecule has 8 heteroatoms. The van der Waals surface area contributed by atoms with Crippen molar-refractivity contribution in [3.8, 4) is 6.07 Å². The zero-order valence-electron chi connectivity index (χ0n) is 16.1. The van der Waals surface area contributed by atoms with E-state index in [1.54, 1.807) is 35.2 Å². The first-order valence-corrected chi connectivity index (χ1v) is 9.83. The van der Waals surface area contributed by atoms with Crippen LogP contribution in [0, 0.1) is 21.4 Å². The summed E-state index contributed by atoms with van der Waals surface area (Å²) in [4.78, 5) is 28.5. The van der Waals surface area contributed by atoms with Gasteiger partial charge in [-0.15, -0.1) is 11.8 Å². The maximum atomic E-state index is 13.2. The number of nitriles is 1. The van der Waals surface area contributed by atoms with Crippen molar-refractivity contribution in [1.82, 2.24) is 9.80 Å². The minimum atomic E-state index is -0.530. The number of nitro benzene ring substituents is 1. The van der Waals surface area contributed by atoms with Gasteiger partial charge in [0.15, 0.2) is 0 Å². The van der Waals surface area contributed by atoms with Gasteiger partial charge in [0.1, 0.15) is 5.56 Å². The van der Waals surface area contributed by atoms with Crippen molar-refractivity contribution in [1.29, 1.82) is 5.26 Å². The van der Waals surface area contributed by atoms with Gasteiger partial charge in [0.25, 0.3) is 11.6 Å². The smallest absolute Gasteiger partial charge is 0.282 e. The molecule has 2 rings (SSSR count). The maximum Gasteiger partial charge on any atom is 0.282 e. The predicted molar refractivity (Wildman–Crippen MR) is 109 cm³/mol. The largest absolute Gasteiger partial charge is 0.333 e. The summed E-state index contributed by atoms with van der Waals surface area (Å²) in [5.74, 6) is -0.396. The molecule has 0 spiro atoms. The highest BCUT2D eigenvalue weighted by atomic mass is 32.2. The Morgan fingerprint density at radius 3 is 2.57 bits per heavy atom. The Morgan fingerprint density at radius 1 is 1.21 bits per heavy atom. The molecule has 0 aliphatic rings. The lowest BCUT2D eigenvalue weighted by Gasteiger charge is -2.25. The number of thioether (sulfide) groups is 1. The summed E-state index contributed by atoms with van der Waals surface area (Å²) >= 11 is 1.42. The summed E-state index contributed by atoms with van der Waals surface area (Å²) in [6, 6.07) is 13.7. The Hall–Kier alpha value is -2.89. The number of benzene rings is 2. The third-order valence-electron chi connectivity index (χ3n) is 4.16. The van der Waals surface area contributed by atoms with Gasteiger partial charge in [-0.05, 0) is 50.2 Å². The Balaban J connectivity index is 2.41. The SMILES string of the molecule is CSc1ccc([N+](=O)[O-])c(C(=O)N(CCN(C)C)Cc2cccc(C#N)c2)c1. The Kier molecular flexibility index (Phi) is 7.55. The van der Waals surface area contributed by atoms with E-state index in [4.69, 9.17) is 5.26 Å². The molecule has 0 atom stereocenters. The Morgan fingerprint density at radius 2 is 1.96 bits per heavy atom. The van der Waals surface area contributed by atoms with Crippen molar-refractivity contribution in [2.24, 2.45) is 0 Å². The number of rotatable bonds is 8. The molecule has 2 aromatic carbocycles. The molecular weight excluding hydrogens is 376 g/mol. The lowest BCUT2D eigenvalue weighted by molar-refractivity contribution is -0.385. The predicted octanol–water partition coefficient (Wildman–Crippen LogP) is 3.39. The molecular formula is C20H22N4O3S. The van der Waals surface area contributed by atoms with Gasteiger partial charge < -0.3 is 9.80 Å². The highest BCUT2D eigenvalue weighted by molar-refractivity contribution is 7.98. The van der Waals surface area contributed by atoms with Gasteiger partial charge in [0.2, 0.25) is 0 Å². The number of likely N-dealkylation sites (N-methyl/N-ethyl adjacent to an activating group) is 1. The molecule has 1 amide bonds. The van der Waals surface area contributed by atoms with Crippen molar-refractivity contribution in [3.63, 3.8) is 0 Å². The van der Waals surface area contributed by atoms with Crippen LogP contribution in [0.15, 0.2) is 47.4 Å². The van der Waals surface area contributed by atoms with Gasteiger partial charge in [-0.25, -0.2) is 0 Å². The summed E-state index contributed by atoms with van der Waals surface area (Å²) in [5, 5.41) is 20.5. The second kappa shape index (κ2) is 9.88. The van der Waals surface area contributed by atoms with E-state index in [0.717, 1.165) is 10.5 Å². The van der Waals surface area contributed by atoms with Crippen molar-refractivity contribution in [3.05, 3.63) is 69.3 Å². The monoisotopic (exact) mass is 398 g/mol. The van der Waals surface area contributed by atoms with Crippen molar-refractivity contribution in [2.45, 2.75) is 11.4 Å². The Labute approximate surface area is 168 Å². The average Bonchev–Trinajstić information content (AvgIpc) is 2.69. The molecule has 0 aliphatic carbocycles. The first-order valence-electron chi connectivity index (χ1n) is 8.61. The van der Waals surface area contributed by atoms with Crippen molar-refractivity contribution < 1.29 is 9.72 Å².